The van der Waals surface area contributed by atoms with Gasteiger partial charge in [-0.15, -0.1) is 0 Å². The highest BCUT2D eigenvalue weighted by atomic mass is 35.7. The first-order valence-electron chi connectivity index (χ1n) is 4.93. The van der Waals surface area contributed by atoms with Crippen LogP contribution in [0.1, 0.15) is 0 Å². The van der Waals surface area contributed by atoms with Gasteiger partial charge < -0.3 is 9.64 Å². The number of rotatable bonds is 5. The molecule has 0 fully saturated rings. The Morgan fingerprint density at radius 2 is 1.83 bits per heavy atom. The van der Waals surface area contributed by atoms with Gasteiger partial charge in [-0.25, -0.2) is 8.42 Å². The van der Waals surface area contributed by atoms with Crippen molar-refractivity contribution < 1.29 is 13.2 Å². The fourth-order valence-corrected chi connectivity index (χ4v) is 2.94. The van der Waals surface area contributed by atoms with E-state index in [4.69, 9.17) is 38.6 Å². The van der Waals surface area contributed by atoms with Gasteiger partial charge in [-0.05, 0) is 26.2 Å². The fourth-order valence-electron chi connectivity index (χ4n) is 1.15. The summed E-state index contributed by atoms with van der Waals surface area (Å²) in [5.74, 6) is 0.326. The molecule has 1 aromatic carbocycles. The third-order valence-corrected chi connectivity index (χ3v) is 4.41. The zero-order valence-corrected chi connectivity index (χ0v) is 12.9. The van der Waals surface area contributed by atoms with Crippen LogP contribution in [-0.4, -0.2) is 40.6 Å². The Morgan fingerprint density at radius 3 is 2.33 bits per heavy atom. The molecule has 0 heterocycles. The summed E-state index contributed by atoms with van der Waals surface area (Å²) in [6, 6.07) is 2.70. The Bertz CT molecular complexity index is 531. The Morgan fingerprint density at radius 1 is 1.22 bits per heavy atom. The SMILES string of the molecule is CN(C)CCOc1ccc(S(=O)(=O)Cl)c(Cl)c1Cl. The van der Waals surface area contributed by atoms with Gasteiger partial charge in [0.15, 0.2) is 0 Å². The molecule has 0 saturated heterocycles. The number of halogens is 3. The van der Waals surface area contributed by atoms with Crippen LogP contribution < -0.4 is 4.74 Å². The van der Waals surface area contributed by atoms with Gasteiger partial charge in [-0.3, -0.25) is 0 Å². The van der Waals surface area contributed by atoms with Gasteiger partial charge in [0.1, 0.15) is 22.3 Å². The van der Waals surface area contributed by atoms with Gasteiger partial charge in [0.05, 0.1) is 5.02 Å². The molecule has 8 heteroatoms. The van der Waals surface area contributed by atoms with Crippen LogP contribution in [0.5, 0.6) is 5.75 Å². The van der Waals surface area contributed by atoms with Crippen LogP contribution in [0.3, 0.4) is 0 Å². The topological polar surface area (TPSA) is 46.6 Å². The summed E-state index contributed by atoms with van der Waals surface area (Å²) in [4.78, 5) is 1.71. The molecule has 0 unspecified atom stereocenters. The van der Waals surface area contributed by atoms with E-state index < -0.39 is 9.05 Å². The molecule has 0 saturated carbocycles. The van der Waals surface area contributed by atoms with Crippen LogP contribution in [0.4, 0.5) is 0 Å². The molecule has 0 aromatic heterocycles. The van der Waals surface area contributed by atoms with Crippen molar-refractivity contribution in [3.8, 4) is 5.75 Å². The Balaban J connectivity index is 2.95. The van der Waals surface area contributed by atoms with E-state index in [0.717, 1.165) is 0 Å². The fraction of sp³-hybridized carbons (Fsp3) is 0.400. The van der Waals surface area contributed by atoms with Crippen LogP contribution in [0, 0.1) is 0 Å². The predicted octanol–water partition coefficient (Wildman–Crippen LogP) is 2.86. The molecular formula is C10H12Cl3NO3S. The van der Waals surface area contributed by atoms with Crippen LogP contribution in [0.25, 0.3) is 0 Å². The summed E-state index contributed by atoms with van der Waals surface area (Å²) in [7, 11) is 5.11. The lowest BCUT2D eigenvalue weighted by Gasteiger charge is -2.13. The summed E-state index contributed by atoms with van der Waals surface area (Å²) >= 11 is 11.8. The van der Waals surface area contributed by atoms with E-state index in [1.165, 1.54) is 12.1 Å². The Kier molecular flexibility index (Phi) is 5.55. The smallest absolute Gasteiger partial charge is 0.262 e. The van der Waals surface area contributed by atoms with E-state index in [0.29, 0.717) is 18.9 Å². The normalized spacial score (nSPS) is 11.9. The van der Waals surface area contributed by atoms with Crippen LogP contribution in [0.15, 0.2) is 17.0 Å². The van der Waals surface area contributed by atoms with Gasteiger partial charge in [0.2, 0.25) is 0 Å². The lowest BCUT2D eigenvalue weighted by atomic mass is 10.3. The monoisotopic (exact) mass is 331 g/mol. The van der Waals surface area contributed by atoms with E-state index in [2.05, 4.69) is 0 Å². The number of ether oxygens (including phenoxy) is 1. The first kappa shape index (κ1) is 15.9. The summed E-state index contributed by atoms with van der Waals surface area (Å²) in [6.45, 7) is 1.11. The maximum absolute atomic E-state index is 11.2. The maximum atomic E-state index is 11.2. The van der Waals surface area contributed by atoms with Crippen molar-refractivity contribution in [1.29, 1.82) is 0 Å². The van der Waals surface area contributed by atoms with Crippen molar-refractivity contribution in [2.75, 3.05) is 27.2 Å². The van der Waals surface area contributed by atoms with Gasteiger partial charge >= 0.3 is 0 Å². The predicted molar refractivity (Wildman–Crippen MR) is 73.5 cm³/mol. The average Bonchev–Trinajstić information content (AvgIpc) is 2.22. The summed E-state index contributed by atoms with van der Waals surface area (Å²) in [6.07, 6.45) is 0. The first-order valence-corrected chi connectivity index (χ1v) is 8.00. The van der Waals surface area contributed by atoms with E-state index in [9.17, 15) is 8.42 Å². The largest absolute Gasteiger partial charge is 0.491 e. The van der Waals surface area contributed by atoms with E-state index in [1.54, 1.807) is 0 Å². The standard InChI is InChI=1S/C10H12Cl3NO3S/c1-14(2)5-6-17-7-3-4-8(18(13,15)16)10(12)9(7)11/h3-4H,5-6H2,1-2H3. The number of benzene rings is 1. The summed E-state index contributed by atoms with van der Waals surface area (Å²) in [5, 5.41) is -0.0915. The van der Waals surface area contributed by atoms with E-state index in [1.807, 2.05) is 19.0 Å². The second-order valence-corrected chi connectivity index (χ2v) is 7.07. The molecule has 4 nitrogen and oxygen atoms in total. The minimum Gasteiger partial charge on any atom is -0.491 e. The zero-order chi connectivity index (χ0) is 13.9. The lowest BCUT2D eigenvalue weighted by molar-refractivity contribution is 0.261. The van der Waals surface area contributed by atoms with Crippen molar-refractivity contribution in [3.63, 3.8) is 0 Å². The molecule has 0 bridgehead atoms. The van der Waals surface area contributed by atoms with Crippen molar-refractivity contribution in [2.45, 2.75) is 4.90 Å². The maximum Gasteiger partial charge on any atom is 0.262 e. The number of likely N-dealkylation sites (N-methyl/N-ethyl adjacent to an activating group) is 1. The number of hydrogen-bond donors (Lipinski definition) is 0. The molecule has 0 amide bonds. The van der Waals surface area contributed by atoms with E-state index in [-0.39, 0.29) is 14.9 Å². The van der Waals surface area contributed by atoms with Crippen LogP contribution in [0.2, 0.25) is 10.0 Å². The highest BCUT2D eigenvalue weighted by molar-refractivity contribution is 8.13. The van der Waals surface area contributed by atoms with E-state index >= 15 is 0 Å². The molecule has 1 rings (SSSR count). The lowest BCUT2D eigenvalue weighted by Crippen LogP contribution is -2.19. The molecule has 0 aliphatic carbocycles. The van der Waals surface area contributed by atoms with Gasteiger partial charge in [-0.1, -0.05) is 23.2 Å². The molecule has 0 radical (unpaired) electrons. The average molecular weight is 333 g/mol. The van der Waals surface area contributed by atoms with Gasteiger partial charge in [0.25, 0.3) is 9.05 Å². The molecule has 0 spiro atoms. The van der Waals surface area contributed by atoms with Crippen LogP contribution >= 0.6 is 33.9 Å². The molecule has 0 aliphatic heterocycles. The minimum absolute atomic E-state index is 0.0390. The second-order valence-electron chi connectivity index (χ2n) is 3.78. The molecular weight excluding hydrogens is 321 g/mol. The van der Waals surface area contributed by atoms with Gasteiger partial charge in [0, 0.05) is 17.2 Å². The van der Waals surface area contributed by atoms with Crippen molar-refractivity contribution >= 4 is 42.9 Å². The minimum atomic E-state index is -3.91. The molecule has 0 N–H and O–H groups in total. The van der Waals surface area contributed by atoms with Crippen molar-refractivity contribution in [3.05, 3.63) is 22.2 Å². The third kappa shape index (κ3) is 4.17. The molecule has 0 atom stereocenters. The molecule has 102 valence electrons. The Hall–Kier alpha value is -0.200. The second kappa shape index (κ2) is 6.30. The van der Waals surface area contributed by atoms with Crippen LogP contribution in [-0.2, 0) is 9.05 Å². The Labute approximate surface area is 121 Å². The number of hydrogen-bond acceptors (Lipinski definition) is 4. The van der Waals surface area contributed by atoms with Gasteiger partial charge in [-0.2, -0.15) is 0 Å². The van der Waals surface area contributed by atoms with Crippen molar-refractivity contribution in [1.82, 2.24) is 4.90 Å². The quantitative estimate of drug-likeness (QED) is 0.778. The molecule has 0 aliphatic rings. The van der Waals surface area contributed by atoms with Crippen molar-refractivity contribution in [2.24, 2.45) is 0 Å². The summed E-state index contributed by atoms with van der Waals surface area (Å²) in [5.41, 5.74) is 0. The highest BCUT2D eigenvalue weighted by Gasteiger charge is 2.19. The summed E-state index contributed by atoms with van der Waals surface area (Å²) < 4.78 is 27.8. The third-order valence-electron chi connectivity index (χ3n) is 2.07. The molecule has 1 aromatic rings. The highest BCUT2D eigenvalue weighted by Crippen LogP contribution is 2.37. The molecule has 18 heavy (non-hydrogen) atoms. The first-order chi connectivity index (χ1) is 8.23. The number of nitrogens with zero attached hydrogens (tertiary/aromatic N) is 1. The zero-order valence-electron chi connectivity index (χ0n) is 9.78.